The minimum absolute atomic E-state index is 0.228. The number of ether oxygens (including phenoxy) is 1. The number of amides is 1. The van der Waals surface area contributed by atoms with Gasteiger partial charge in [0.25, 0.3) is 5.91 Å². The predicted octanol–water partition coefficient (Wildman–Crippen LogP) is 3.66. The lowest BCUT2D eigenvalue weighted by Crippen LogP contribution is -2.30. The van der Waals surface area contributed by atoms with Crippen LogP contribution < -0.4 is 0 Å². The number of hydrogen-bond acceptors (Lipinski definition) is 4. The van der Waals surface area contributed by atoms with Gasteiger partial charge in [-0.3, -0.25) is 4.79 Å². The van der Waals surface area contributed by atoms with E-state index in [9.17, 15) is 9.59 Å². The molecule has 0 aliphatic heterocycles. The Bertz CT molecular complexity index is 912. The van der Waals surface area contributed by atoms with Crippen LogP contribution in [0.5, 0.6) is 0 Å². The molecule has 3 rings (SSSR count). The number of hydrogen-bond donors (Lipinski definition) is 1. The average molecular weight is 356 g/mol. The minimum Gasteiger partial charge on any atom is -0.452 e. The molecule has 0 radical (unpaired) electrons. The lowest BCUT2D eigenvalue weighted by Gasteiger charge is -2.16. The van der Waals surface area contributed by atoms with Crippen molar-refractivity contribution in [2.75, 3.05) is 13.7 Å². The first-order valence-electron chi connectivity index (χ1n) is 7.97. The van der Waals surface area contributed by atoms with Gasteiger partial charge in [-0.25, -0.2) is 4.79 Å². The summed E-state index contributed by atoms with van der Waals surface area (Å²) < 4.78 is 5.19. The molecule has 1 amide bonds. The molecule has 3 aromatic rings. The summed E-state index contributed by atoms with van der Waals surface area (Å²) >= 11 is 1.59. The van der Waals surface area contributed by atoms with Crippen molar-refractivity contribution in [1.82, 2.24) is 9.88 Å². The van der Waals surface area contributed by atoms with E-state index in [2.05, 4.69) is 4.98 Å². The van der Waals surface area contributed by atoms with Crippen molar-refractivity contribution >= 4 is 34.1 Å². The van der Waals surface area contributed by atoms with Crippen LogP contribution in [0.1, 0.15) is 27.2 Å². The summed E-state index contributed by atoms with van der Waals surface area (Å²) in [6.07, 6.45) is 0. The van der Waals surface area contributed by atoms with E-state index in [1.54, 1.807) is 35.4 Å². The maximum Gasteiger partial charge on any atom is 0.338 e. The molecule has 0 spiro atoms. The van der Waals surface area contributed by atoms with Gasteiger partial charge in [-0.1, -0.05) is 0 Å². The largest absolute Gasteiger partial charge is 0.452 e. The van der Waals surface area contributed by atoms with Gasteiger partial charge >= 0.3 is 5.97 Å². The van der Waals surface area contributed by atoms with Gasteiger partial charge in [0, 0.05) is 30.2 Å². The third-order valence-electron chi connectivity index (χ3n) is 4.30. The van der Waals surface area contributed by atoms with Crippen LogP contribution in [-0.2, 0) is 16.1 Å². The predicted molar refractivity (Wildman–Crippen MR) is 98.8 cm³/mol. The van der Waals surface area contributed by atoms with E-state index in [0.717, 1.165) is 27.7 Å². The fourth-order valence-electron chi connectivity index (χ4n) is 2.65. The Morgan fingerprint density at radius 2 is 2.04 bits per heavy atom. The second-order valence-electron chi connectivity index (χ2n) is 6.09. The summed E-state index contributed by atoms with van der Waals surface area (Å²) in [4.78, 5) is 29.2. The van der Waals surface area contributed by atoms with Crippen LogP contribution in [0, 0.1) is 13.8 Å². The van der Waals surface area contributed by atoms with Gasteiger partial charge in [-0.2, -0.15) is 11.3 Å². The molecule has 1 aromatic carbocycles. The van der Waals surface area contributed by atoms with Gasteiger partial charge in [0.1, 0.15) is 0 Å². The van der Waals surface area contributed by atoms with E-state index in [0.29, 0.717) is 12.1 Å². The van der Waals surface area contributed by atoms with Gasteiger partial charge in [0.05, 0.1) is 5.56 Å². The quantitative estimate of drug-likeness (QED) is 0.710. The number of aromatic nitrogens is 1. The third-order valence-corrected chi connectivity index (χ3v) is 5.03. The fourth-order valence-corrected chi connectivity index (χ4v) is 3.31. The Kier molecular flexibility index (Phi) is 4.90. The number of H-pyrrole nitrogens is 1. The number of esters is 1. The Hall–Kier alpha value is -2.60. The highest BCUT2D eigenvalue weighted by Gasteiger charge is 2.15. The maximum atomic E-state index is 12.2. The number of aromatic amines is 1. The third kappa shape index (κ3) is 3.74. The number of rotatable bonds is 5. The number of aryl methyl sites for hydroxylation is 2. The van der Waals surface area contributed by atoms with E-state index >= 15 is 0 Å². The Balaban J connectivity index is 1.62. The van der Waals surface area contributed by atoms with Crippen LogP contribution in [0.25, 0.3) is 10.9 Å². The van der Waals surface area contributed by atoms with E-state index in [1.165, 1.54) is 0 Å². The molecule has 0 saturated heterocycles. The molecule has 5 nitrogen and oxygen atoms in total. The van der Waals surface area contributed by atoms with Gasteiger partial charge in [0.2, 0.25) is 0 Å². The van der Waals surface area contributed by atoms with Crippen LogP contribution in [-0.4, -0.2) is 35.4 Å². The van der Waals surface area contributed by atoms with E-state index < -0.39 is 5.97 Å². The molecule has 25 heavy (non-hydrogen) atoms. The van der Waals surface area contributed by atoms with E-state index in [4.69, 9.17) is 4.74 Å². The first-order chi connectivity index (χ1) is 12.0. The zero-order chi connectivity index (χ0) is 18.0. The summed E-state index contributed by atoms with van der Waals surface area (Å²) in [5.41, 5.74) is 4.68. The monoisotopic (exact) mass is 356 g/mol. The smallest absolute Gasteiger partial charge is 0.338 e. The van der Waals surface area contributed by atoms with Crippen molar-refractivity contribution in [2.45, 2.75) is 20.4 Å². The topological polar surface area (TPSA) is 62.4 Å². The van der Waals surface area contributed by atoms with Crippen molar-refractivity contribution in [1.29, 1.82) is 0 Å². The molecule has 0 saturated carbocycles. The number of carbonyl (C=O) groups excluding carboxylic acids is 2. The zero-order valence-electron chi connectivity index (χ0n) is 14.5. The van der Waals surface area contributed by atoms with E-state index in [1.807, 2.05) is 36.7 Å². The number of carbonyl (C=O) groups is 2. The number of nitrogens with zero attached hydrogens (tertiary/aromatic N) is 1. The first kappa shape index (κ1) is 17.2. The summed E-state index contributed by atoms with van der Waals surface area (Å²) in [5.74, 6) is -0.716. The van der Waals surface area contributed by atoms with Crippen molar-refractivity contribution < 1.29 is 14.3 Å². The second-order valence-corrected chi connectivity index (χ2v) is 6.87. The van der Waals surface area contributed by atoms with Gasteiger partial charge < -0.3 is 14.6 Å². The van der Waals surface area contributed by atoms with Gasteiger partial charge in [-0.05, 0) is 60.0 Å². The second kappa shape index (κ2) is 7.11. The van der Waals surface area contributed by atoms with Crippen molar-refractivity contribution in [3.63, 3.8) is 0 Å². The molecule has 0 fully saturated rings. The standard InChI is InChI=1S/C19H20N2O3S/c1-12-13(2)20-17-5-4-15(8-16(12)17)19(23)24-10-18(22)21(3)9-14-6-7-25-11-14/h4-8,11,20H,9-10H2,1-3H3. The van der Waals surface area contributed by atoms with Crippen LogP contribution >= 0.6 is 11.3 Å². The highest BCUT2D eigenvalue weighted by Crippen LogP contribution is 2.22. The van der Waals surface area contributed by atoms with Crippen LogP contribution in [0.3, 0.4) is 0 Å². The highest BCUT2D eigenvalue weighted by atomic mass is 32.1. The average Bonchev–Trinajstić information content (AvgIpc) is 3.20. The fraction of sp³-hybridized carbons (Fsp3) is 0.263. The van der Waals surface area contributed by atoms with Crippen LogP contribution in [0.4, 0.5) is 0 Å². The number of nitrogens with one attached hydrogen (secondary N) is 1. The van der Waals surface area contributed by atoms with Crippen molar-refractivity contribution in [3.05, 3.63) is 57.4 Å². The molecule has 6 heteroatoms. The number of benzene rings is 1. The molecule has 1 N–H and O–H groups in total. The SMILES string of the molecule is Cc1[nH]c2ccc(C(=O)OCC(=O)N(C)Cc3ccsc3)cc2c1C. The molecule has 0 aliphatic rings. The summed E-state index contributed by atoms with van der Waals surface area (Å²) in [7, 11) is 1.70. The molecule has 2 aromatic heterocycles. The molecule has 0 atom stereocenters. The number of fused-ring (bicyclic) bond motifs is 1. The van der Waals surface area contributed by atoms with Crippen LogP contribution in [0.2, 0.25) is 0 Å². The zero-order valence-corrected chi connectivity index (χ0v) is 15.3. The highest BCUT2D eigenvalue weighted by molar-refractivity contribution is 7.07. The van der Waals surface area contributed by atoms with Crippen molar-refractivity contribution in [3.8, 4) is 0 Å². The van der Waals surface area contributed by atoms with Gasteiger partial charge in [-0.15, -0.1) is 0 Å². The molecule has 0 aliphatic carbocycles. The molecule has 130 valence electrons. The summed E-state index contributed by atoms with van der Waals surface area (Å²) in [6.45, 7) is 4.25. The van der Waals surface area contributed by atoms with Gasteiger partial charge in [0.15, 0.2) is 6.61 Å². The van der Waals surface area contributed by atoms with Crippen molar-refractivity contribution in [2.24, 2.45) is 0 Å². The molecule has 0 bridgehead atoms. The lowest BCUT2D eigenvalue weighted by molar-refractivity contribution is -0.133. The summed E-state index contributed by atoms with van der Waals surface area (Å²) in [6, 6.07) is 7.34. The van der Waals surface area contributed by atoms with E-state index in [-0.39, 0.29) is 12.5 Å². The minimum atomic E-state index is -0.488. The Labute approximate surface area is 150 Å². The first-order valence-corrected chi connectivity index (χ1v) is 8.91. The molecular formula is C19H20N2O3S. The molecule has 2 heterocycles. The molecular weight excluding hydrogens is 336 g/mol. The Morgan fingerprint density at radius 3 is 2.76 bits per heavy atom. The normalized spacial score (nSPS) is 10.8. The number of likely N-dealkylation sites (N-methyl/N-ethyl adjacent to an activating group) is 1. The molecule has 0 unspecified atom stereocenters. The maximum absolute atomic E-state index is 12.2. The van der Waals surface area contributed by atoms with Crippen LogP contribution in [0.15, 0.2) is 35.0 Å². The summed E-state index contributed by atoms with van der Waals surface area (Å²) in [5, 5.41) is 4.95. The lowest BCUT2D eigenvalue weighted by atomic mass is 10.1. The Morgan fingerprint density at radius 1 is 1.24 bits per heavy atom. The number of thiophene rings is 1.